The fraction of sp³-hybridized carbons (Fsp3) is 0.400. The molecule has 0 spiro atoms. The number of nitrogens with zero attached hydrogens (tertiary/aromatic N) is 1. The van der Waals surface area contributed by atoms with Crippen molar-refractivity contribution in [3.8, 4) is 5.75 Å². The predicted molar refractivity (Wildman–Crippen MR) is 159 cm³/mol. The van der Waals surface area contributed by atoms with Crippen LogP contribution in [0.15, 0.2) is 53.6 Å². The topological polar surface area (TPSA) is 96.9 Å². The van der Waals surface area contributed by atoms with E-state index in [-0.39, 0.29) is 12.5 Å². The number of fused-ring (bicyclic) bond motifs is 1. The van der Waals surface area contributed by atoms with Gasteiger partial charge in [0, 0.05) is 16.5 Å². The third-order valence-electron chi connectivity index (χ3n) is 6.15. The molecule has 3 aromatic rings. The van der Waals surface area contributed by atoms with E-state index < -0.39 is 11.9 Å². The zero-order valence-corrected chi connectivity index (χ0v) is 23.9. The van der Waals surface area contributed by atoms with Gasteiger partial charge in [-0.3, -0.25) is 9.59 Å². The lowest BCUT2D eigenvalue weighted by Crippen LogP contribution is -2.34. The second-order valence-corrected chi connectivity index (χ2v) is 10.8. The summed E-state index contributed by atoms with van der Waals surface area (Å²) in [5, 5.41) is 7.74. The number of carbonyl (C=O) groups is 3. The summed E-state index contributed by atoms with van der Waals surface area (Å²) < 4.78 is 6.42. The van der Waals surface area contributed by atoms with Crippen molar-refractivity contribution in [1.29, 1.82) is 0 Å². The maximum Gasteiger partial charge on any atom is 0.355 e. The van der Waals surface area contributed by atoms with E-state index in [0.717, 1.165) is 29.3 Å². The lowest BCUT2D eigenvalue weighted by molar-refractivity contribution is -0.126. The summed E-state index contributed by atoms with van der Waals surface area (Å²) in [6.07, 6.45) is 12.5. The molecular formula is C30H36ClN3O4S. The van der Waals surface area contributed by atoms with Crippen LogP contribution in [0.25, 0.3) is 10.1 Å². The summed E-state index contributed by atoms with van der Waals surface area (Å²) in [5.41, 5.74) is 3.01. The number of halogens is 1. The van der Waals surface area contributed by atoms with Crippen molar-refractivity contribution in [1.82, 2.24) is 10.7 Å². The molecule has 0 bridgehead atoms. The molecule has 0 unspecified atom stereocenters. The minimum atomic E-state index is -0.540. The standard InChI is InChI=1S/C30H36ClN3O4S/c1-2-3-4-5-6-7-8-9-10-18-26(35)32-21-27(36)34-33-20-22-14-13-15-23(19-22)38-30(37)29-28(31)24-16-11-12-17-25(24)39-29/h11-17,19-20H,2-10,18,21H2,1H3,(H,32,35)(H,34,36). The normalized spacial score (nSPS) is 11.1. The van der Waals surface area contributed by atoms with Gasteiger partial charge in [0.05, 0.1) is 17.8 Å². The third-order valence-corrected chi connectivity index (χ3v) is 7.80. The van der Waals surface area contributed by atoms with Gasteiger partial charge in [-0.2, -0.15) is 5.10 Å². The van der Waals surface area contributed by atoms with Gasteiger partial charge in [0.2, 0.25) is 5.91 Å². The molecule has 2 N–H and O–H groups in total. The molecule has 1 aromatic heterocycles. The molecule has 9 heteroatoms. The summed E-state index contributed by atoms with van der Waals surface area (Å²) in [5.74, 6) is -0.770. The van der Waals surface area contributed by atoms with E-state index in [2.05, 4.69) is 22.8 Å². The second-order valence-electron chi connectivity index (χ2n) is 9.35. The van der Waals surface area contributed by atoms with Crippen LogP contribution >= 0.6 is 22.9 Å². The highest BCUT2D eigenvalue weighted by atomic mass is 35.5. The fourth-order valence-corrected chi connectivity index (χ4v) is 5.42. The molecule has 0 aliphatic rings. The molecule has 7 nitrogen and oxygen atoms in total. The van der Waals surface area contributed by atoms with E-state index in [1.54, 1.807) is 24.3 Å². The monoisotopic (exact) mass is 569 g/mol. The number of carbonyl (C=O) groups excluding carboxylic acids is 3. The van der Waals surface area contributed by atoms with Gasteiger partial charge in [0.25, 0.3) is 5.91 Å². The Bertz CT molecular complexity index is 1270. The van der Waals surface area contributed by atoms with Crippen molar-refractivity contribution in [3.63, 3.8) is 0 Å². The Balaban J connectivity index is 1.34. The van der Waals surface area contributed by atoms with Gasteiger partial charge in [0.15, 0.2) is 0 Å². The Kier molecular flexibility index (Phi) is 13.0. The summed E-state index contributed by atoms with van der Waals surface area (Å²) in [6, 6.07) is 14.3. The maximum atomic E-state index is 12.7. The number of ether oxygens (including phenoxy) is 1. The van der Waals surface area contributed by atoms with Gasteiger partial charge in [-0.15, -0.1) is 11.3 Å². The molecule has 0 aliphatic carbocycles. The molecule has 2 amide bonds. The number of nitrogens with one attached hydrogen (secondary N) is 2. The Hall–Kier alpha value is -3.23. The van der Waals surface area contributed by atoms with Crippen molar-refractivity contribution in [2.45, 2.75) is 71.1 Å². The smallest absolute Gasteiger partial charge is 0.355 e. The van der Waals surface area contributed by atoms with Gasteiger partial charge >= 0.3 is 5.97 Å². The molecule has 2 aromatic carbocycles. The van der Waals surface area contributed by atoms with Crippen LogP contribution in [0.1, 0.15) is 86.4 Å². The lowest BCUT2D eigenvalue weighted by atomic mass is 10.1. The summed E-state index contributed by atoms with van der Waals surface area (Å²) in [6.45, 7) is 2.08. The van der Waals surface area contributed by atoms with E-state index >= 15 is 0 Å². The summed E-state index contributed by atoms with van der Waals surface area (Å²) in [7, 11) is 0. The molecule has 0 fully saturated rings. The third kappa shape index (κ3) is 10.5. The molecule has 1 heterocycles. The summed E-state index contributed by atoms with van der Waals surface area (Å²) >= 11 is 7.65. The highest BCUT2D eigenvalue weighted by molar-refractivity contribution is 7.21. The highest BCUT2D eigenvalue weighted by Crippen LogP contribution is 2.35. The number of hydrazone groups is 1. The van der Waals surface area contributed by atoms with Crippen LogP contribution in [-0.4, -0.2) is 30.5 Å². The average molecular weight is 570 g/mol. The van der Waals surface area contributed by atoms with Crippen molar-refractivity contribution in [3.05, 3.63) is 64.0 Å². The van der Waals surface area contributed by atoms with Gasteiger partial charge < -0.3 is 10.1 Å². The van der Waals surface area contributed by atoms with Gasteiger partial charge in [-0.25, -0.2) is 10.2 Å². The summed E-state index contributed by atoms with van der Waals surface area (Å²) in [4.78, 5) is 37.0. The van der Waals surface area contributed by atoms with Gasteiger partial charge in [-0.1, -0.05) is 100 Å². The molecule has 0 saturated heterocycles. The quantitative estimate of drug-likeness (QED) is 0.0623. The van der Waals surface area contributed by atoms with Crippen LogP contribution in [0.3, 0.4) is 0 Å². The number of amides is 2. The molecule has 208 valence electrons. The number of esters is 1. The Morgan fingerprint density at radius 1 is 0.923 bits per heavy atom. The Morgan fingerprint density at radius 2 is 1.64 bits per heavy atom. The van der Waals surface area contributed by atoms with Crippen molar-refractivity contribution in [2.75, 3.05) is 6.54 Å². The number of benzene rings is 2. The number of rotatable bonds is 16. The number of hydrogen-bond donors (Lipinski definition) is 2. The SMILES string of the molecule is CCCCCCCCCCCC(=O)NCC(=O)NN=Cc1cccc(OC(=O)c2sc3ccccc3c2Cl)c1. The zero-order chi connectivity index (χ0) is 27.9. The first-order valence-electron chi connectivity index (χ1n) is 13.6. The molecule has 0 atom stereocenters. The molecule has 39 heavy (non-hydrogen) atoms. The first-order valence-corrected chi connectivity index (χ1v) is 14.7. The van der Waals surface area contributed by atoms with Crippen LogP contribution in [0.2, 0.25) is 5.02 Å². The highest BCUT2D eigenvalue weighted by Gasteiger charge is 2.19. The zero-order valence-electron chi connectivity index (χ0n) is 22.3. The average Bonchev–Trinajstić information content (AvgIpc) is 3.28. The van der Waals surface area contributed by atoms with Crippen LogP contribution in [0.5, 0.6) is 5.75 Å². The van der Waals surface area contributed by atoms with Crippen molar-refractivity contribution < 1.29 is 19.1 Å². The second kappa shape index (κ2) is 16.7. The van der Waals surface area contributed by atoms with E-state index in [4.69, 9.17) is 16.3 Å². The van der Waals surface area contributed by atoms with Crippen LogP contribution in [0, 0.1) is 0 Å². The largest absolute Gasteiger partial charge is 0.422 e. The molecular weight excluding hydrogens is 534 g/mol. The Labute approximate surface area is 239 Å². The first kappa shape index (κ1) is 30.3. The van der Waals surface area contributed by atoms with Gasteiger partial charge in [-0.05, 0) is 30.2 Å². The van der Waals surface area contributed by atoms with E-state index in [0.29, 0.717) is 27.6 Å². The van der Waals surface area contributed by atoms with E-state index in [1.807, 2.05) is 24.3 Å². The van der Waals surface area contributed by atoms with Crippen LogP contribution in [0.4, 0.5) is 0 Å². The molecule has 3 rings (SSSR count). The maximum absolute atomic E-state index is 12.7. The molecule has 0 aliphatic heterocycles. The molecule has 0 radical (unpaired) electrons. The lowest BCUT2D eigenvalue weighted by Gasteiger charge is -2.05. The number of thiophene rings is 1. The molecule has 0 saturated carbocycles. The van der Waals surface area contributed by atoms with Crippen molar-refractivity contribution in [2.24, 2.45) is 5.10 Å². The number of hydrogen-bond acceptors (Lipinski definition) is 6. The van der Waals surface area contributed by atoms with Crippen molar-refractivity contribution >= 4 is 57.0 Å². The number of unbranched alkanes of at least 4 members (excludes halogenated alkanes) is 8. The predicted octanol–water partition coefficient (Wildman–Crippen LogP) is 7.26. The minimum absolute atomic E-state index is 0.134. The van der Waals surface area contributed by atoms with Gasteiger partial charge in [0.1, 0.15) is 10.6 Å². The minimum Gasteiger partial charge on any atom is -0.422 e. The van der Waals surface area contributed by atoms with E-state index in [1.165, 1.54) is 56.1 Å². The first-order chi connectivity index (χ1) is 19.0. The van der Waals surface area contributed by atoms with E-state index in [9.17, 15) is 14.4 Å². The van der Waals surface area contributed by atoms with Crippen LogP contribution < -0.4 is 15.5 Å². The van der Waals surface area contributed by atoms with Crippen LogP contribution in [-0.2, 0) is 9.59 Å². The Morgan fingerprint density at radius 3 is 2.38 bits per heavy atom. The fourth-order valence-electron chi connectivity index (χ4n) is 4.04.